The second-order valence-corrected chi connectivity index (χ2v) is 10.9. The molecule has 2 bridgehead atoms. The number of rotatable bonds is 2. The molecule has 0 unspecified atom stereocenters. The molecular weight excluding hydrogens is 529 g/mol. The summed E-state index contributed by atoms with van der Waals surface area (Å²) in [6.45, 7) is 8.72. The maximum atomic E-state index is 13.9. The van der Waals surface area contributed by atoms with E-state index in [1.165, 1.54) is 13.2 Å². The van der Waals surface area contributed by atoms with Crippen LogP contribution in [0, 0.1) is 17.8 Å². The standard InChI is InChI=1S/C29H41F3N2O6/c1-15-10-20-13-21(14-22(35)24(20)29(30,31)32)34-27(37)17(3)9-7-8-16(2)26(40-28(33)38)19(5)12-18(4)25(36)23(11-15)39-6/h9,12-16,18,23,25-26,35-36H,7-8,10-11H2,1-6H3,(H2,33,38)(H,34,37)/b17-9+,19-12+/t15-,16+,18+,23+,25-,26-/m1/s1. The first-order valence-electron chi connectivity index (χ1n) is 13.3. The van der Waals surface area contributed by atoms with Gasteiger partial charge >= 0.3 is 12.3 Å². The number of primary amides is 1. The van der Waals surface area contributed by atoms with Crippen molar-refractivity contribution in [3.63, 3.8) is 0 Å². The number of carbonyl (C=O) groups is 2. The number of hydrogen-bond acceptors (Lipinski definition) is 6. The first-order chi connectivity index (χ1) is 18.5. The Morgan fingerprint density at radius 2 is 1.82 bits per heavy atom. The number of hydrogen-bond donors (Lipinski definition) is 4. The Bertz CT molecular complexity index is 1120. The Morgan fingerprint density at radius 1 is 1.18 bits per heavy atom. The van der Waals surface area contributed by atoms with E-state index < -0.39 is 59.6 Å². The molecule has 0 aliphatic carbocycles. The molecule has 8 nitrogen and oxygen atoms in total. The van der Waals surface area contributed by atoms with Crippen LogP contribution < -0.4 is 11.1 Å². The fourth-order valence-electron chi connectivity index (χ4n) is 5.24. The van der Waals surface area contributed by atoms with Gasteiger partial charge in [0.2, 0.25) is 0 Å². The highest BCUT2D eigenvalue weighted by Gasteiger charge is 2.38. The van der Waals surface area contributed by atoms with Crippen LogP contribution in [0.1, 0.15) is 65.0 Å². The van der Waals surface area contributed by atoms with Gasteiger partial charge in [-0.1, -0.05) is 32.9 Å². The lowest BCUT2D eigenvalue weighted by atomic mass is 9.86. The van der Waals surface area contributed by atoms with E-state index in [0.717, 1.165) is 6.07 Å². The van der Waals surface area contributed by atoms with Gasteiger partial charge in [-0.3, -0.25) is 4.79 Å². The minimum atomic E-state index is -4.82. The van der Waals surface area contributed by atoms with E-state index in [4.69, 9.17) is 15.2 Å². The molecule has 5 N–H and O–H groups in total. The smallest absolute Gasteiger partial charge is 0.420 e. The van der Waals surface area contributed by atoms with Crippen LogP contribution in [0.15, 0.2) is 35.4 Å². The van der Waals surface area contributed by atoms with Gasteiger partial charge in [-0.15, -0.1) is 0 Å². The maximum absolute atomic E-state index is 13.9. The van der Waals surface area contributed by atoms with E-state index in [-0.39, 0.29) is 30.0 Å². The van der Waals surface area contributed by atoms with Crippen LogP contribution in [0.4, 0.5) is 23.7 Å². The number of aliphatic hydroxyl groups is 1. The maximum Gasteiger partial charge on any atom is 0.420 e. The number of carbonyl (C=O) groups excluding carboxylic acids is 2. The number of aliphatic hydroxyl groups excluding tert-OH is 1. The van der Waals surface area contributed by atoms with Gasteiger partial charge in [0.05, 0.1) is 12.2 Å². The van der Waals surface area contributed by atoms with Crippen LogP contribution in [0.3, 0.4) is 0 Å². The molecule has 11 heteroatoms. The lowest BCUT2D eigenvalue weighted by Gasteiger charge is -2.29. The van der Waals surface area contributed by atoms with Crippen molar-refractivity contribution >= 4 is 17.7 Å². The van der Waals surface area contributed by atoms with Gasteiger partial charge < -0.3 is 30.7 Å². The summed E-state index contributed by atoms with van der Waals surface area (Å²) >= 11 is 0. The van der Waals surface area contributed by atoms with Crippen LogP contribution in [0.25, 0.3) is 0 Å². The summed E-state index contributed by atoms with van der Waals surface area (Å²) < 4.78 is 52.6. The molecule has 40 heavy (non-hydrogen) atoms. The van der Waals surface area contributed by atoms with Gasteiger partial charge in [-0.2, -0.15) is 13.2 Å². The van der Waals surface area contributed by atoms with Gasteiger partial charge in [0, 0.05) is 30.4 Å². The number of alkyl halides is 3. The van der Waals surface area contributed by atoms with Crippen LogP contribution in [-0.2, 0) is 26.9 Å². The third-order valence-electron chi connectivity index (χ3n) is 7.33. The van der Waals surface area contributed by atoms with Crippen LogP contribution in [0.5, 0.6) is 5.75 Å². The number of nitrogens with two attached hydrogens (primary N) is 1. The van der Waals surface area contributed by atoms with Crippen molar-refractivity contribution in [1.82, 2.24) is 0 Å². The lowest BCUT2D eigenvalue weighted by Crippen LogP contribution is -2.35. The quantitative estimate of drug-likeness (QED) is 0.337. The number of fused-ring (bicyclic) bond motifs is 2. The lowest BCUT2D eigenvalue weighted by molar-refractivity contribution is -0.139. The molecule has 0 aromatic heterocycles. The van der Waals surface area contributed by atoms with E-state index in [0.29, 0.717) is 24.0 Å². The number of benzene rings is 1. The average Bonchev–Trinajstić information content (AvgIpc) is 2.83. The van der Waals surface area contributed by atoms with Crippen LogP contribution in [-0.4, -0.2) is 47.6 Å². The van der Waals surface area contributed by atoms with E-state index >= 15 is 0 Å². The van der Waals surface area contributed by atoms with Crippen LogP contribution >= 0.6 is 0 Å². The van der Waals surface area contributed by atoms with Gasteiger partial charge in [0.1, 0.15) is 17.4 Å². The number of methoxy groups -OCH3 is 1. The van der Waals surface area contributed by atoms with E-state index in [1.807, 2.05) is 6.92 Å². The van der Waals surface area contributed by atoms with Crippen molar-refractivity contribution in [2.45, 2.75) is 84.8 Å². The highest BCUT2D eigenvalue weighted by atomic mass is 19.4. The number of aromatic hydroxyl groups is 1. The molecule has 1 aliphatic heterocycles. The molecule has 1 aromatic rings. The Morgan fingerprint density at radius 3 is 2.40 bits per heavy atom. The van der Waals surface area contributed by atoms with Crippen molar-refractivity contribution in [3.8, 4) is 5.75 Å². The molecule has 224 valence electrons. The largest absolute Gasteiger partial charge is 0.507 e. The predicted octanol–water partition coefficient (Wildman–Crippen LogP) is 5.72. The van der Waals surface area contributed by atoms with Crippen molar-refractivity contribution in [3.05, 3.63) is 46.6 Å². The summed E-state index contributed by atoms with van der Waals surface area (Å²) in [5.41, 5.74) is 5.02. The highest BCUT2D eigenvalue weighted by molar-refractivity contribution is 6.03. The van der Waals surface area contributed by atoms with E-state index in [2.05, 4.69) is 5.32 Å². The topological polar surface area (TPSA) is 131 Å². The molecule has 2 rings (SSSR count). The summed E-state index contributed by atoms with van der Waals surface area (Å²) in [4.78, 5) is 24.4. The van der Waals surface area contributed by atoms with Crippen molar-refractivity contribution in [1.29, 1.82) is 0 Å². The molecule has 0 spiro atoms. The molecule has 1 aromatic carbocycles. The summed E-state index contributed by atoms with van der Waals surface area (Å²) in [6.07, 6.45) is -3.61. The highest BCUT2D eigenvalue weighted by Crippen LogP contribution is 2.41. The van der Waals surface area contributed by atoms with E-state index in [1.54, 1.807) is 39.8 Å². The second kappa shape index (κ2) is 14.0. The number of nitrogens with one attached hydrogen (secondary N) is 1. The third-order valence-corrected chi connectivity index (χ3v) is 7.33. The zero-order chi connectivity index (χ0) is 30.4. The van der Waals surface area contributed by atoms with Gasteiger partial charge in [0.25, 0.3) is 5.91 Å². The molecule has 0 fully saturated rings. The number of ether oxygens (including phenoxy) is 2. The summed E-state index contributed by atoms with van der Waals surface area (Å²) in [7, 11) is 1.42. The molecule has 0 saturated carbocycles. The van der Waals surface area contributed by atoms with Crippen molar-refractivity contribution in [2.75, 3.05) is 12.4 Å². The first-order valence-corrected chi connectivity index (χ1v) is 13.3. The molecule has 1 aliphatic rings. The van der Waals surface area contributed by atoms with Gasteiger partial charge in [0.15, 0.2) is 0 Å². The molecule has 1 heterocycles. The first kappa shape index (κ1) is 33.2. The zero-order valence-electron chi connectivity index (χ0n) is 23.8. The number of allylic oxidation sites excluding steroid dienone is 1. The molecule has 6 atom stereocenters. The number of halogens is 3. The fraction of sp³-hybridized carbons (Fsp3) is 0.586. The normalized spacial score (nSPS) is 30.4. The molecule has 0 radical (unpaired) electrons. The SMILES string of the molecule is CO[C@H]1C[C@H](C)Cc2cc(cc(O)c2C(F)(F)F)NC(=O)/C(C)=C/CC[C@H](C)[C@@H](OC(N)=O)/C(C)=C/[C@H](C)[C@H]1O. The molecule has 0 saturated heterocycles. The Balaban J connectivity index is 2.56. The summed E-state index contributed by atoms with van der Waals surface area (Å²) in [5, 5.41) is 24.0. The zero-order valence-corrected chi connectivity index (χ0v) is 23.8. The fourth-order valence-corrected chi connectivity index (χ4v) is 5.24. The molecular formula is C29H41F3N2O6. The van der Waals surface area contributed by atoms with E-state index in [9.17, 15) is 33.0 Å². The number of anilines is 1. The van der Waals surface area contributed by atoms with Crippen molar-refractivity contribution in [2.24, 2.45) is 23.5 Å². The average molecular weight is 571 g/mol. The monoisotopic (exact) mass is 570 g/mol. The Kier molecular flexibility index (Phi) is 11.6. The molecule has 2 amide bonds. The third kappa shape index (κ3) is 8.99. The summed E-state index contributed by atoms with van der Waals surface area (Å²) in [5.74, 6) is -2.55. The summed E-state index contributed by atoms with van der Waals surface area (Å²) in [6, 6.07) is 2.11. The van der Waals surface area contributed by atoms with Crippen molar-refractivity contribution < 1.29 is 42.4 Å². The van der Waals surface area contributed by atoms with Gasteiger partial charge in [-0.25, -0.2) is 4.79 Å². The second-order valence-electron chi connectivity index (χ2n) is 10.9. The Hall–Kier alpha value is -3.05. The Labute approximate surface area is 233 Å². The van der Waals surface area contributed by atoms with Crippen LogP contribution in [0.2, 0.25) is 0 Å². The minimum Gasteiger partial charge on any atom is -0.507 e. The number of phenolic OH excluding ortho intramolecular Hbond substituents is 1. The number of amides is 2. The number of phenols is 1. The van der Waals surface area contributed by atoms with Gasteiger partial charge in [-0.05, 0) is 68.6 Å². The predicted molar refractivity (Wildman–Crippen MR) is 146 cm³/mol. The minimum absolute atomic E-state index is 0.0310.